The third-order valence-corrected chi connectivity index (χ3v) is 9.57. The Morgan fingerprint density at radius 1 is 1.29 bits per heavy atom. The number of benzene rings is 1. The minimum absolute atomic E-state index is 0.101. The fourth-order valence-corrected chi connectivity index (χ4v) is 7.60. The Morgan fingerprint density at radius 3 is 3.00 bits per heavy atom. The fourth-order valence-electron chi connectivity index (χ4n) is 2.93. The Kier molecular flexibility index (Phi) is 5.90. The van der Waals surface area contributed by atoms with Crippen molar-refractivity contribution >= 4 is 64.2 Å². The first kappa shape index (κ1) is 19.3. The number of rotatable bonds is 7. The van der Waals surface area contributed by atoms with E-state index in [2.05, 4.69) is 43.7 Å². The molecule has 0 saturated carbocycles. The molecule has 0 spiro atoms. The molecule has 3 aromatic heterocycles. The Hall–Kier alpha value is -2.02. The van der Waals surface area contributed by atoms with Gasteiger partial charge in [0.2, 0.25) is 0 Å². The average molecular weight is 473 g/mol. The van der Waals surface area contributed by atoms with Gasteiger partial charge in [0.25, 0.3) is 0 Å². The molecule has 144 valence electrons. The van der Waals surface area contributed by atoms with Gasteiger partial charge in [-0.05, 0) is 0 Å². The average Bonchev–Trinajstić information content (AvgIpc) is 3.37. The summed E-state index contributed by atoms with van der Waals surface area (Å²) in [5.41, 5.74) is 3.10. The quantitative estimate of drug-likeness (QED) is 0.330. The van der Waals surface area contributed by atoms with E-state index in [1.807, 2.05) is 19.2 Å². The first-order valence-corrected chi connectivity index (χ1v) is 13.2. The molecule has 1 N–H and O–H groups in total. The number of amides is 1. The number of fused-ring (bicyclic) bond motifs is 1. The number of nitrogens with one attached hydrogen (secondary N) is 1. The second kappa shape index (κ2) is 8.55. The van der Waals surface area contributed by atoms with Crippen LogP contribution in [0.25, 0.3) is 21.5 Å². The Bertz CT molecular complexity index is 1120. The number of nitrogens with zero attached hydrogens (tertiary/aromatic N) is 4. The Labute approximate surface area is 177 Å². The van der Waals surface area contributed by atoms with Crippen molar-refractivity contribution in [1.29, 1.82) is 0 Å². The molecular weight excluding hydrogens is 453 g/mol. The number of para-hydroxylation sites is 1. The molecule has 1 aromatic carbocycles. The molecule has 9 heteroatoms. The van der Waals surface area contributed by atoms with E-state index in [9.17, 15) is 4.79 Å². The minimum atomic E-state index is -0.254. The molecule has 1 unspecified atom stereocenters. The number of carbonyl (C=O) groups is 1. The summed E-state index contributed by atoms with van der Waals surface area (Å²) in [4.78, 5) is 21.5. The molecule has 0 fully saturated rings. The predicted octanol–water partition coefficient (Wildman–Crippen LogP) is 3.45. The van der Waals surface area contributed by atoms with Crippen molar-refractivity contribution in [2.75, 3.05) is 5.32 Å². The summed E-state index contributed by atoms with van der Waals surface area (Å²) in [6, 6.07) is 8.33. The van der Waals surface area contributed by atoms with Gasteiger partial charge in [0.1, 0.15) is 0 Å². The zero-order valence-electron chi connectivity index (χ0n) is 15.6. The fraction of sp³-hybridized carbons (Fsp3) is 0.263. The summed E-state index contributed by atoms with van der Waals surface area (Å²) < 4.78 is 3.35. The number of carbonyl (C=O) groups excluding carboxylic acids is 1. The summed E-state index contributed by atoms with van der Waals surface area (Å²) in [5, 5.41) is 12.4. The monoisotopic (exact) mass is 473 g/mol. The van der Waals surface area contributed by atoms with Gasteiger partial charge in [0.15, 0.2) is 0 Å². The third-order valence-electron chi connectivity index (χ3n) is 4.19. The first-order valence-electron chi connectivity index (χ1n) is 8.95. The summed E-state index contributed by atoms with van der Waals surface area (Å²) in [7, 11) is 0. The van der Waals surface area contributed by atoms with Gasteiger partial charge in [-0.25, -0.2) is 0 Å². The van der Waals surface area contributed by atoms with E-state index in [-0.39, 0.29) is 21.7 Å². The number of aryl methyl sites for hydroxylation is 2. The molecule has 4 rings (SSSR count). The van der Waals surface area contributed by atoms with Crippen molar-refractivity contribution in [2.24, 2.45) is 0 Å². The van der Waals surface area contributed by atoms with Gasteiger partial charge in [-0.1, -0.05) is 0 Å². The molecule has 1 atom stereocenters. The van der Waals surface area contributed by atoms with Crippen molar-refractivity contribution in [2.45, 2.75) is 32.0 Å². The molecule has 6 nitrogen and oxygen atoms in total. The van der Waals surface area contributed by atoms with Gasteiger partial charge < -0.3 is 0 Å². The van der Waals surface area contributed by atoms with Gasteiger partial charge in [-0.15, -0.1) is 0 Å². The van der Waals surface area contributed by atoms with Crippen LogP contribution < -0.4 is 9.11 Å². The molecule has 0 aliphatic heterocycles. The Balaban J connectivity index is 1.34. The predicted molar refractivity (Wildman–Crippen MR) is 118 cm³/mol. The van der Waals surface area contributed by atoms with Crippen molar-refractivity contribution < 1.29 is 4.79 Å². The summed E-state index contributed by atoms with van der Waals surface area (Å²) in [6.07, 6.45) is 3.05. The molecule has 0 bridgehead atoms. The van der Waals surface area contributed by atoms with E-state index in [4.69, 9.17) is 4.98 Å². The molecular formula is C19H20AsN5OS2. The van der Waals surface area contributed by atoms with Crippen LogP contribution in [-0.2, 0) is 11.3 Å². The van der Waals surface area contributed by atoms with E-state index < -0.39 is 0 Å². The van der Waals surface area contributed by atoms with E-state index in [1.165, 1.54) is 38.2 Å². The molecule has 28 heavy (non-hydrogen) atoms. The van der Waals surface area contributed by atoms with Gasteiger partial charge in [0, 0.05) is 0 Å². The number of anilines is 1. The van der Waals surface area contributed by atoms with Gasteiger partial charge in [-0.2, -0.15) is 0 Å². The van der Waals surface area contributed by atoms with Crippen LogP contribution in [0.2, 0.25) is 5.21 Å². The van der Waals surface area contributed by atoms with Crippen LogP contribution in [0.1, 0.15) is 19.0 Å². The molecule has 0 saturated heterocycles. The maximum atomic E-state index is 11.2. The van der Waals surface area contributed by atoms with Crippen molar-refractivity contribution in [3.05, 3.63) is 41.5 Å². The van der Waals surface area contributed by atoms with Gasteiger partial charge in [-0.3, -0.25) is 0 Å². The second-order valence-corrected chi connectivity index (χ2v) is 11.8. The maximum absolute atomic E-state index is 11.2. The van der Waals surface area contributed by atoms with Crippen LogP contribution in [0, 0.1) is 6.92 Å². The molecule has 4 aromatic rings. The standard InChI is InChI=1S/C19H20AsN5OS2/c1-12-17(28-19(22-12)23-13(2)26)15-11-27-18(24-15)20-8-5-9-25-16-7-4-3-6-14(16)10-21-25/h3-4,6-7,10-11,20H,5,8-9H2,1-2H3,(H,22,23,26). The number of thiazole rings is 2. The van der Waals surface area contributed by atoms with Crippen LogP contribution in [-0.4, -0.2) is 41.4 Å². The summed E-state index contributed by atoms with van der Waals surface area (Å²) >= 11 is 2.97. The molecule has 0 aliphatic rings. The van der Waals surface area contributed by atoms with Crippen LogP contribution in [0.5, 0.6) is 0 Å². The topological polar surface area (TPSA) is 72.7 Å². The van der Waals surface area contributed by atoms with E-state index in [0.717, 1.165) is 29.2 Å². The number of aromatic nitrogens is 4. The third kappa shape index (κ3) is 4.35. The summed E-state index contributed by atoms with van der Waals surface area (Å²) in [6.45, 7) is 4.40. The van der Waals surface area contributed by atoms with Crippen LogP contribution in [0.4, 0.5) is 5.13 Å². The van der Waals surface area contributed by atoms with Crippen LogP contribution in [0.15, 0.2) is 35.8 Å². The van der Waals surface area contributed by atoms with Crippen molar-refractivity contribution in [3.8, 4) is 10.6 Å². The first-order chi connectivity index (χ1) is 13.6. The zero-order chi connectivity index (χ0) is 19.5. The molecule has 3 heterocycles. The van der Waals surface area contributed by atoms with Crippen molar-refractivity contribution in [3.63, 3.8) is 0 Å². The molecule has 1 amide bonds. The SMILES string of the molecule is CC(=O)Nc1nc(C)c(-c2csc([AsH]CCCn3ncc4ccccc43)n2)s1. The van der Waals surface area contributed by atoms with Crippen LogP contribution in [0.3, 0.4) is 0 Å². The molecule has 0 aliphatic carbocycles. The molecule has 0 radical (unpaired) electrons. The Morgan fingerprint density at radius 2 is 2.14 bits per heavy atom. The number of hydrogen-bond donors (Lipinski definition) is 1. The van der Waals surface area contributed by atoms with Gasteiger partial charge >= 0.3 is 178 Å². The van der Waals surface area contributed by atoms with E-state index >= 15 is 0 Å². The number of hydrogen-bond acceptors (Lipinski definition) is 6. The second-order valence-electron chi connectivity index (χ2n) is 6.36. The van der Waals surface area contributed by atoms with Crippen molar-refractivity contribution in [1.82, 2.24) is 19.7 Å². The normalized spacial score (nSPS) is 11.6. The van der Waals surface area contributed by atoms with E-state index in [0.29, 0.717) is 5.13 Å². The van der Waals surface area contributed by atoms with E-state index in [1.54, 1.807) is 11.3 Å². The van der Waals surface area contributed by atoms with Gasteiger partial charge in [0.05, 0.1) is 0 Å². The van der Waals surface area contributed by atoms with Crippen LogP contribution >= 0.6 is 22.7 Å². The summed E-state index contributed by atoms with van der Waals surface area (Å²) in [5.74, 6) is -0.101. The zero-order valence-corrected chi connectivity index (χ0v) is 19.3.